The van der Waals surface area contributed by atoms with E-state index in [1.807, 2.05) is 0 Å². The van der Waals surface area contributed by atoms with Crippen LogP contribution in [-0.2, 0) is 14.3 Å². The van der Waals surface area contributed by atoms with Gasteiger partial charge in [0.1, 0.15) is 11.2 Å². The third kappa shape index (κ3) is 2.59. The van der Waals surface area contributed by atoms with Crippen LogP contribution in [0.1, 0.15) is 6.92 Å². The molecular formula is C9H10O3S. The number of benzene rings is 1. The van der Waals surface area contributed by atoms with Crippen LogP contribution in [-0.4, -0.2) is 8.42 Å². The molecule has 0 aliphatic heterocycles. The van der Waals surface area contributed by atoms with Gasteiger partial charge in [-0.05, 0) is 19.1 Å². The summed E-state index contributed by atoms with van der Waals surface area (Å²) in [6.07, 6.45) is 2.66. The van der Waals surface area contributed by atoms with Gasteiger partial charge in [0.2, 0.25) is 0 Å². The molecule has 4 heteroatoms. The van der Waals surface area contributed by atoms with Gasteiger partial charge in [-0.15, -0.1) is 0 Å². The zero-order valence-corrected chi connectivity index (χ0v) is 7.99. The lowest BCUT2D eigenvalue weighted by Crippen LogP contribution is -2.01. The Kier molecular flexibility index (Phi) is 3.08. The topological polar surface area (TPSA) is 43.4 Å². The van der Waals surface area contributed by atoms with Gasteiger partial charge in [0.05, 0.1) is 0 Å². The van der Waals surface area contributed by atoms with Crippen molar-refractivity contribution in [2.45, 2.75) is 11.8 Å². The van der Waals surface area contributed by atoms with Crippen LogP contribution in [0.25, 0.3) is 0 Å². The number of hydrogen-bond donors (Lipinski definition) is 0. The molecule has 1 rings (SSSR count). The summed E-state index contributed by atoms with van der Waals surface area (Å²) in [5.41, 5.74) is 0. The van der Waals surface area contributed by atoms with Gasteiger partial charge in [0.25, 0.3) is 0 Å². The predicted octanol–water partition coefficient (Wildman–Crippen LogP) is 1.93. The molecule has 0 aliphatic carbocycles. The summed E-state index contributed by atoms with van der Waals surface area (Å²) < 4.78 is 27.2. The lowest BCUT2D eigenvalue weighted by Gasteiger charge is -2.00. The monoisotopic (exact) mass is 198 g/mol. The van der Waals surface area contributed by atoms with Crippen molar-refractivity contribution in [3.8, 4) is 0 Å². The highest BCUT2D eigenvalue weighted by atomic mass is 32.2. The second-order valence-electron chi connectivity index (χ2n) is 2.33. The molecule has 0 spiro atoms. The first kappa shape index (κ1) is 9.80. The SMILES string of the molecule is CC=COS(=O)(=O)c1ccccc1. The predicted molar refractivity (Wildman–Crippen MR) is 49.5 cm³/mol. The summed E-state index contributed by atoms with van der Waals surface area (Å²) in [6.45, 7) is 1.68. The fourth-order valence-electron chi connectivity index (χ4n) is 0.771. The fourth-order valence-corrected chi connectivity index (χ4v) is 1.63. The van der Waals surface area contributed by atoms with Crippen LogP contribution in [0, 0.1) is 0 Å². The fraction of sp³-hybridized carbons (Fsp3) is 0.111. The molecule has 0 N–H and O–H groups in total. The largest absolute Gasteiger partial charge is 0.387 e. The van der Waals surface area contributed by atoms with Crippen molar-refractivity contribution >= 4 is 10.1 Å². The molecule has 70 valence electrons. The Labute approximate surface area is 77.8 Å². The molecule has 0 saturated heterocycles. The smallest absolute Gasteiger partial charge is 0.338 e. The second kappa shape index (κ2) is 4.09. The van der Waals surface area contributed by atoms with E-state index in [4.69, 9.17) is 0 Å². The Hall–Kier alpha value is -1.29. The first-order valence-electron chi connectivity index (χ1n) is 3.76. The van der Waals surface area contributed by atoms with Gasteiger partial charge >= 0.3 is 10.1 Å². The standard InChI is InChI=1S/C9H10O3S/c1-2-8-12-13(10,11)9-6-4-3-5-7-9/h2-8H,1H3. The van der Waals surface area contributed by atoms with E-state index in [2.05, 4.69) is 4.18 Å². The van der Waals surface area contributed by atoms with Crippen LogP contribution in [0.2, 0.25) is 0 Å². The minimum Gasteiger partial charge on any atom is -0.387 e. The van der Waals surface area contributed by atoms with Gasteiger partial charge < -0.3 is 4.18 Å². The van der Waals surface area contributed by atoms with Crippen LogP contribution in [0.4, 0.5) is 0 Å². The van der Waals surface area contributed by atoms with Crippen molar-refractivity contribution in [2.75, 3.05) is 0 Å². The molecule has 0 aromatic heterocycles. The zero-order valence-electron chi connectivity index (χ0n) is 7.17. The van der Waals surface area contributed by atoms with E-state index in [-0.39, 0.29) is 4.90 Å². The van der Waals surface area contributed by atoms with Crippen LogP contribution < -0.4 is 0 Å². The van der Waals surface area contributed by atoms with Crippen molar-refractivity contribution < 1.29 is 12.6 Å². The molecule has 3 nitrogen and oxygen atoms in total. The molecule has 0 heterocycles. The zero-order chi connectivity index (χ0) is 9.73. The molecule has 0 bridgehead atoms. The first-order valence-corrected chi connectivity index (χ1v) is 5.17. The Morgan fingerprint density at radius 3 is 2.38 bits per heavy atom. The average Bonchev–Trinajstić information content (AvgIpc) is 2.16. The molecule has 0 fully saturated rings. The van der Waals surface area contributed by atoms with E-state index in [0.29, 0.717) is 0 Å². The maximum atomic E-state index is 11.3. The minimum atomic E-state index is -3.61. The van der Waals surface area contributed by atoms with Gasteiger partial charge in [-0.2, -0.15) is 8.42 Å². The molecule has 0 saturated carbocycles. The Bertz CT molecular complexity index is 379. The van der Waals surface area contributed by atoms with Gasteiger partial charge in [0, 0.05) is 0 Å². The Morgan fingerprint density at radius 1 is 1.23 bits per heavy atom. The van der Waals surface area contributed by atoms with Crippen LogP contribution in [0.15, 0.2) is 47.6 Å². The van der Waals surface area contributed by atoms with E-state index >= 15 is 0 Å². The maximum Gasteiger partial charge on any atom is 0.338 e. The summed E-state index contributed by atoms with van der Waals surface area (Å²) >= 11 is 0. The van der Waals surface area contributed by atoms with Crippen LogP contribution >= 0.6 is 0 Å². The maximum absolute atomic E-state index is 11.3. The van der Waals surface area contributed by atoms with E-state index in [9.17, 15) is 8.42 Å². The second-order valence-corrected chi connectivity index (χ2v) is 3.90. The minimum absolute atomic E-state index is 0.160. The van der Waals surface area contributed by atoms with Gasteiger partial charge in [-0.3, -0.25) is 0 Å². The lowest BCUT2D eigenvalue weighted by molar-refractivity contribution is 0.443. The third-order valence-electron chi connectivity index (χ3n) is 1.35. The number of rotatable bonds is 3. The molecule has 0 aliphatic rings. The Morgan fingerprint density at radius 2 is 1.85 bits per heavy atom. The summed E-state index contributed by atoms with van der Waals surface area (Å²) in [5, 5.41) is 0. The van der Waals surface area contributed by atoms with Crippen molar-refractivity contribution in [1.82, 2.24) is 0 Å². The van der Waals surface area contributed by atoms with Gasteiger partial charge in [0.15, 0.2) is 0 Å². The molecule has 0 amide bonds. The van der Waals surface area contributed by atoms with Gasteiger partial charge in [-0.25, -0.2) is 0 Å². The highest BCUT2D eigenvalue weighted by Gasteiger charge is 2.12. The van der Waals surface area contributed by atoms with Crippen LogP contribution in [0.5, 0.6) is 0 Å². The lowest BCUT2D eigenvalue weighted by atomic mass is 10.4. The third-order valence-corrected chi connectivity index (χ3v) is 2.56. The average molecular weight is 198 g/mol. The summed E-state index contributed by atoms with van der Waals surface area (Å²) in [6, 6.07) is 8.00. The molecule has 0 atom stereocenters. The van der Waals surface area contributed by atoms with E-state index in [1.165, 1.54) is 18.2 Å². The molecule has 0 unspecified atom stereocenters. The van der Waals surface area contributed by atoms with Crippen LogP contribution in [0.3, 0.4) is 0 Å². The van der Waals surface area contributed by atoms with E-state index < -0.39 is 10.1 Å². The molecular weight excluding hydrogens is 188 g/mol. The molecule has 1 aromatic carbocycles. The Balaban J connectivity index is 2.95. The molecule has 0 radical (unpaired) electrons. The highest BCUT2D eigenvalue weighted by molar-refractivity contribution is 7.86. The van der Waals surface area contributed by atoms with Crippen molar-refractivity contribution in [3.05, 3.63) is 42.7 Å². The number of allylic oxidation sites excluding steroid dienone is 1. The number of hydrogen-bond acceptors (Lipinski definition) is 3. The van der Waals surface area contributed by atoms with Crippen molar-refractivity contribution in [1.29, 1.82) is 0 Å². The normalized spacial score (nSPS) is 11.8. The van der Waals surface area contributed by atoms with Crippen molar-refractivity contribution in [3.63, 3.8) is 0 Å². The van der Waals surface area contributed by atoms with Crippen molar-refractivity contribution in [2.24, 2.45) is 0 Å². The highest BCUT2D eigenvalue weighted by Crippen LogP contribution is 2.10. The van der Waals surface area contributed by atoms with E-state index in [1.54, 1.807) is 25.1 Å². The summed E-state index contributed by atoms with van der Waals surface area (Å²) in [7, 11) is -3.61. The first-order chi connectivity index (χ1) is 6.17. The van der Waals surface area contributed by atoms with Gasteiger partial charge in [-0.1, -0.05) is 24.3 Å². The summed E-state index contributed by atoms with van der Waals surface area (Å²) in [5.74, 6) is 0. The quantitative estimate of drug-likeness (QED) is 0.550. The summed E-state index contributed by atoms with van der Waals surface area (Å²) in [4.78, 5) is 0.160. The van der Waals surface area contributed by atoms with E-state index in [0.717, 1.165) is 6.26 Å². The molecule has 1 aromatic rings. The molecule has 13 heavy (non-hydrogen) atoms.